The number of fused-ring (bicyclic) bond motifs is 1. The van der Waals surface area contributed by atoms with Crippen molar-refractivity contribution >= 4 is 23.3 Å². The molecule has 2 amide bonds. The summed E-state index contributed by atoms with van der Waals surface area (Å²) in [5, 5.41) is 8.78. The van der Waals surface area contributed by atoms with E-state index in [-0.39, 0.29) is 22.8 Å². The molecule has 1 atom stereocenters. The molecule has 0 unspecified atom stereocenters. The van der Waals surface area contributed by atoms with Crippen molar-refractivity contribution < 1.29 is 27.7 Å². The number of nitrogens with one attached hydrogen (secondary N) is 2. The maximum Gasteiger partial charge on any atom is 0.294 e. The molecule has 0 saturated carbocycles. The zero-order chi connectivity index (χ0) is 24.6. The van der Waals surface area contributed by atoms with Crippen LogP contribution in [0.25, 0.3) is 0 Å². The Morgan fingerprint density at radius 1 is 1.15 bits per heavy atom. The lowest BCUT2D eigenvalue weighted by atomic mass is 10.0. The van der Waals surface area contributed by atoms with Crippen LogP contribution in [-0.2, 0) is 17.8 Å². The number of hydrogen-bond donors (Lipinski definition) is 2. The second kappa shape index (κ2) is 9.16. The quantitative estimate of drug-likeness (QED) is 0.420. The number of aromatic nitrogens is 3. The average Bonchev–Trinajstić information content (AvgIpc) is 3.36. The molecule has 9 nitrogen and oxygen atoms in total. The van der Waals surface area contributed by atoms with Crippen LogP contribution in [0, 0.1) is 25.5 Å². The van der Waals surface area contributed by atoms with Crippen LogP contribution in [-0.4, -0.2) is 32.3 Å². The van der Waals surface area contributed by atoms with Gasteiger partial charge in [0.15, 0.2) is 17.5 Å². The van der Waals surface area contributed by atoms with Crippen LogP contribution in [0.1, 0.15) is 69.6 Å². The SMILES string of the molecule is Cc1noc([C@H](C)NC(=O)C(=O)c2c(C)c(C(=O)Nc3ccc(F)c(F)c3)c3n2CCCC3)n1. The number of benzene rings is 1. The first-order valence-electron chi connectivity index (χ1n) is 10.8. The summed E-state index contributed by atoms with van der Waals surface area (Å²) < 4.78 is 33.5. The topological polar surface area (TPSA) is 119 Å². The highest BCUT2D eigenvalue weighted by molar-refractivity contribution is 6.43. The largest absolute Gasteiger partial charge is 0.341 e. The normalized spacial score (nSPS) is 13.8. The molecular formula is C23H23F2N5O4. The second-order valence-electron chi connectivity index (χ2n) is 8.19. The van der Waals surface area contributed by atoms with Crippen molar-refractivity contribution in [3.63, 3.8) is 0 Å². The van der Waals surface area contributed by atoms with Crippen LogP contribution >= 0.6 is 0 Å². The van der Waals surface area contributed by atoms with Gasteiger partial charge in [0.1, 0.15) is 6.04 Å². The van der Waals surface area contributed by atoms with Crippen molar-refractivity contribution in [2.45, 2.75) is 52.6 Å². The standard InChI is InChI=1S/C23H23F2N5O4/c1-11-18(21(32)28-14-7-8-15(24)16(25)10-14)17-6-4-5-9-30(17)19(11)20(31)22(33)26-12(2)23-27-13(3)29-34-23/h7-8,10,12H,4-6,9H2,1-3H3,(H,26,33)(H,28,32)/t12-/m0/s1. The fraction of sp³-hybridized carbons (Fsp3) is 0.348. The van der Waals surface area contributed by atoms with Crippen molar-refractivity contribution in [2.75, 3.05) is 5.32 Å². The fourth-order valence-corrected chi connectivity index (χ4v) is 4.16. The Balaban J connectivity index is 1.63. The first kappa shape index (κ1) is 23.3. The molecule has 1 aromatic carbocycles. The molecule has 11 heteroatoms. The molecule has 0 bridgehead atoms. The third kappa shape index (κ3) is 4.33. The van der Waals surface area contributed by atoms with E-state index in [4.69, 9.17) is 4.52 Å². The molecule has 2 N–H and O–H groups in total. The number of carbonyl (C=O) groups is 3. The molecule has 4 rings (SSSR count). The minimum absolute atomic E-state index is 0.0772. The molecule has 178 valence electrons. The molecule has 0 saturated heterocycles. The highest BCUT2D eigenvalue weighted by atomic mass is 19.2. The predicted octanol–water partition coefficient (Wildman–Crippen LogP) is 3.41. The van der Waals surface area contributed by atoms with Crippen molar-refractivity contribution in [2.24, 2.45) is 0 Å². The van der Waals surface area contributed by atoms with E-state index < -0.39 is 35.3 Å². The number of anilines is 1. The minimum Gasteiger partial charge on any atom is -0.341 e. The van der Waals surface area contributed by atoms with E-state index in [1.54, 1.807) is 25.3 Å². The summed E-state index contributed by atoms with van der Waals surface area (Å²) in [6, 6.07) is 2.35. The monoisotopic (exact) mass is 471 g/mol. The van der Waals surface area contributed by atoms with Gasteiger partial charge < -0.3 is 19.7 Å². The van der Waals surface area contributed by atoms with Crippen molar-refractivity contribution in [1.29, 1.82) is 0 Å². The molecule has 0 spiro atoms. The molecule has 0 fully saturated rings. The third-order valence-electron chi connectivity index (χ3n) is 5.75. The van der Waals surface area contributed by atoms with Gasteiger partial charge in [-0.3, -0.25) is 14.4 Å². The van der Waals surface area contributed by atoms with Crippen molar-refractivity contribution in [3.05, 3.63) is 64.1 Å². The van der Waals surface area contributed by atoms with Crippen LogP contribution in [0.4, 0.5) is 14.5 Å². The molecule has 34 heavy (non-hydrogen) atoms. The first-order valence-corrected chi connectivity index (χ1v) is 10.8. The highest BCUT2D eigenvalue weighted by Gasteiger charge is 2.33. The summed E-state index contributed by atoms with van der Waals surface area (Å²) in [5.41, 5.74) is 1.42. The molecule has 0 radical (unpaired) electrons. The molecule has 3 heterocycles. The number of amides is 2. The van der Waals surface area contributed by atoms with Crippen molar-refractivity contribution in [1.82, 2.24) is 20.0 Å². The smallest absolute Gasteiger partial charge is 0.294 e. The number of Topliss-reactive ketones (excluding diaryl/α,β-unsaturated/α-hetero) is 1. The van der Waals surface area contributed by atoms with Crippen LogP contribution in [0.2, 0.25) is 0 Å². The minimum atomic E-state index is -1.09. The van der Waals surface area contributed by atoms with Gasteiger partial charge in [0.05, 0.1) is 11.3 Å². The zero-order valence-electron chi connectivity index (χ0n) is 18.9. The van der Waals surface area contributed by atoms with Gasteiger partial charge in [-0.2, -0.15) is 4.98 Å². The number of nitrogens with zero attached hydrogens (tertiary/aromatic N) is 3. The average molecular weight is 471 g/mol. The lowest BCUT2D eigenvalue weighted by Gasteiger charge is -2.18. The van der Waals surface area contributed by atoms with Crippen LogP contribution in [0.15, 0.2) is 22.7 Å². The lowest BCUT2D eigenvalue weighted by Crippen LogP contribution is -2.35. The summed E-state index contributed by atoms with van der Waals surface area (Å²) in [5.74, 6) is -3.79. The predicted molar refractivity (Wildman–Crippen MR) is 116 cm³/mol. The van der Waals surface area contributed by atoms with E-state index in [0.29, 0.717) is 30.0 Å². The maximum atomic E-state index is 13.6. The summed E-state index contributed by atoms with van der Waals surface area (Å²) in [7, 11) is 0. The van der Waals surface area contributed by atoms with E-state index in [9.17, 15) is 23.2 Å². The third-order valence-corrected chi connectivity index (χ3v) is 5.75. The van der Waals surface area contributed by atoms with Crippen LogP contribution in [0.3, 0.4) is 0 Å². The number of aryl methyl sites for hydroxylation is 1. The van der Waals surface area contributed by atoms with Gasteiger partial charge in [-0.1, -0.05) is 5.16 Å². The molecular weight excluding hydrogens is 448 g/mol. The van der Waals surface area contributed by atoms with E-state index in [1.165, 1.54) is 6.07 Å². The summed E-state index contributed by atoms with van der Waals surface area (Å²) in [6.07, 6.45) is 2.13. The van der Waals surface area contributed by atoms with Gasteiger partial charge in [-0.15, -0.1) is 0 Å². The Morgan fingerprint density at radius 3 is 2.59 bits per heavy atom. The summed E-state index contributed by atoms with van der Waals surface area (Å²) in [4.78, 5) is 43.1. The molecule has 1 aliphatic heterocycles. The fourth-order valence-electron chi connectivity index (χ4n) is 4.16. The zero-order valence-corrected chi connectivity index (χ0v) is 18.9. The van der Waals surface area contributed by atoms with Crippen LogP contribution < -0.4 is 10.6 Å². The van der Waals surface area contributed by atoms with E-state index in [2.05, 4.69) is 20.8 Å². The molecule has 1 aliphatic rings. The molecule has 0 aliphatic carbocycles. The first-order chi connectivity index (χ1) is 16.2. The van der Waals surface area contributed by atoms with Crippen LogP contribution in [0.5, 0.6) is 0 Å². The number of ketones is 1. The van der Waals surface area contributed by atoms with Gasteiger partial charge in [0, 0.05) is 24.0 Å². The van der Waals surface area contributed by atoms with Gasteiger partial charge in [0.2, 0.25) is 5.89 Å². The highest BCUT2D eigenvalue weighted by Crippen LogP contribution is 2.30. The molecule has 2 aromatic heterocycles. The Morgan fingerprint density at radius 2 is 1.91 bits per heavy atom. The lowest BCUT2D eigenvalue weighted by molar-refractivity contribution is -0.117. The maximum absolute atomic E-state index is 13.6. The second-order valence-corrected chi connectivity index (χ2v) is 8.19. The Bertz CT molecular complexity index is 1300. The Labute approximate surface area is 193 Å². The van der Waals surface area contributed by atoms with E-state index in [1.807, 2.05) is 0 Å². The number of rotatable bonds is 6. The molecule has 3 aromatic rings. The van der Waals surface area contributed by atoms with E-state index >= 15 is 0 Å². The van der Waals surface area contributed by atoms with Crippen molar-refractivity contribution in [3.8, 4) is 0 Å². The van der Waals surface area contributed by atoms with E-state index in [0.717, 1.165) is 25.0 Å². The van der Waals surface area contributed by atoms with Gasteiger partial charge in [-0.05, 0) is 57.7 Å². The van der Waals surface area contributed by atoms with Gasteiger partial charge in [-0.25, -0.2) is 8.78 Å². The Kier molecular flexibility index (Phi) is 6.27. The number of halogens is 2. The number of carbonyl (C=O) groups excluding carboxylic acids is 3. The number of hydrogen-bond acceptors (Lipinski definition) is 6. The van der Waals surface area contributed by atoms with Gasteiger partial charge >= 0.3 is 0 Å². The van der Waals surface area contributed by atoms with Gasteiger partial charge in [0.25, 0.3) is 17.6 Å². The summed E-state index contributed by atoms with van der Waals surface area (Å²) >= 11 is 0. The Hall–Kier alpha value is -3.89. The summed E-state index contributed by atoms with van der Waals surface area (Å²) in [6.45, 7) is 5.31.